The molecule has 154 valence electrons. The lowest BCUT2D eigenvalue weighted by Crippen LogP contribution is -2.26. The molecule has 0 saturated heterocycles. The molecule has 0 saturated carbocycles. The van der Waals surface area contributed by atoms with E-state index in [-0.39, 0.29) is 36.4 Å². The van der Waals surface area contributed by atoms with Gasteiger partial charge in [0.05, 0.1) is 17.0 Å². The summed E-state index contributed by atoms with van der Waals surface area (Å²) in [4.78, 5) is 50.5. The van der Waals surface area contributed by atoms with Crippen molar-refractivity contribution in [2.75, 3.05) is 6.54 Å². The third-order valence-corrected chi connectivity index (χ3v) is 4.27. The molecule has 3 rings (SSSR count). The normalized spacial score (nSPS) is 10.6. The average molecular weight is 410 g/mol. The van der Waals surface area contributed by atoms with Crippen LogP contribution >= 0.6 is 0 Å². The second-order valence-electron chi connectivity index (χ2n) is 6.42. The predicted octanol–water partition coefficient (Wildman–Crippen LogP) is 1.77. The number of non-ortho nitro benzene ring substituents is 1. The smallest absolute Gasteiger partial charge is 0.307 e. The van der Waals surface area contributed by atoms with E-state index in [0.29, 0.717) is 11.3 Å². The molecule has 30 heavy (non-hydrogen) atoms. The zero-order chi connectivity index (χ0) is 21.7. The van der Waals surface area contributed by atoms with E-state index >= 15 is 0 Å². The number of amides is 1. The van der Waals surface area contributed by atoms with Gasteiger partial charge in [-0.25, -0.2) is 4.98 Å². The minimum absolute atomic E-state index is 0.0294. The van der Waals surface area contributed by atoms with Gasteiger partial charge >= 0.3 is 5.97 Å². The average Bonchev–Trinajstić information content (AvgIpc) is 2.72. The van der Waals surface area contributed by atoms with Crippen LogP contribution in [0.25, 0.3) is 5.65 Å². The number of ether oxygens (including phenoxy) is 1. The van der Waals surface area contributed by atoms with Crippen molar-refractivity contribution in [2.24, 2.45) is 0 Å². The van der Waals surface area contributed by atoms with Crippen LogP contribution in [0.1, 0.15) is 28.2 Å². The lowest BCUT2D eigenvalue weighted by atomic mass is 10.2. The van der Waals surface area contributed by atoms with Crippen LogP contribution in [0.3, 0.4) is 0 Å². The number of benzene rings is 1. The van der Waals surface area contributed by atoms with Crippen molar-refractivity contribution in [3.63, 3.8) is 0 Å². The van der Waals surface area contributed by atoms with Crippen molar-refractivity contribution >= 4 is 23.2 Å². The summed E-state index contributed by atoms with van der Waals surface area (Å²) in [6.45, 7) is 1.66. The van der Waals surface area contributed by atoms with Crippen LogP contribution in [0.2, 0.25) is 0 Å². The number of esters is 1. The molecule has 1 N–H and O–H groups in total. The Morgan fingerprint density at radius 2 is 1.93 bits per heavy atom. The number of rotatable bonds is 7. The minimum Gasteiger partial charge on any atom is -0.459 e. The number of carbonyl (C=O) groups excluding carboxylic acids is 2. The summed E-state index contributed by atoms with van der Waals surface area (Å²) in [5.74, 6) is -1.03. The Labute approximate surface area is 170 Å². The largest absolute Gasteiger partial charge is 0.459 e. The summed E-state index contributed by atoms with van der Waals surface area (Å²) >= 11 is 0. The van der Waals surface area contributed by atoms with Crippen molar-refractivity contribution < 1.29 is 19.2 Å². The van der Waals surface area contributed by atoms with Gasteiger partial charge in [-0.3, -0.25) is 28.9 Å². The number of aromatic nitrogens is 2. The molecule has 0 aliphatic heterocycles. The molecule has 0 fully saturated rings. The Kier molecular flexibility index (Phi) is 6.16. The van der Waals surface area contributed by atoms with Gasteiger partial charge in [0.25, 0.3) is 17.2 Å². The molecule has 2 heterocycles. The molecule has 0 bridgehead atoms. The van der Waals surface area contributed by atoms with Crippen LogP contribution in [0.5, 0.6) is 0 Å². The van der Waals surface area contributed by atoms with Gasteiger partial charge in [-0.1, -0.05) is 6.07 Å². The molecular weight excluding hydrogens is 392 g/mol. The Bertz CT molecular complexity index is 1170. The molecule has 0 atom stereocenters. The second-order valence-corrected chi connectivity index (χ2v) is 6.42. The van der Waals surface area contributed by atoms with E-state index < -0.39 is 16.8 Å². The summed E-state index contributed by atoms with van der Waals surface area (Å²) in [5.41, 5.74) is 1.40. The summed E-state index contributed by atoms with van der Waals surface area (Å²) in [6.07, 6.45) is -0.0790. The van der Waals surface area contributed by atoms with E-state index in [2.05, 4.69) is 10.3 Å². The van der Waals surface area contributed by atoms with Crippen molar-refractivity contribution in [3.05, 3.63) is 86.0 Å². The molecule has 1 amide bonds. The van der Waals surface area contributed by atoms with Crippen molar-refractivity contribution in [2.45, 2.75) is 20.0 Å². The topological polar surface area (TPSA) is 133 Å². The highest BCUT2D eigenvalue weighted by Gasteiger charge is 2.11. The summed E-state index contributed by atoms with van der Waals surface area (Å²) in [5, 5.41) is 13.2. The van der Waals surface area contributed by atoms with Gasteiger partial charge in [-0.15, -0.1) is 0 Å². The Balaban J connectivity index is 1.49. The zero-order valence-corrected chi connectivity index (χ0v) is 16.0. The number of nitrogens with zero attached hydrogens (tertiary/aromatic N) is 3. The van der Waals surface area contributed by atoms with Crippen LogP contribution < -0.4 is 10.9 Å². The van der Waals surface area contributed by atoms with Crippen molar-refractivity contribution in [1.29, 1.82) is 0 Å². The first-order valence-electron chi connectivity index (χ1n) is 9.02. The summed E-state index contributed by atoms with van der Waals surface area (Å²) in [7, 11) is 0. The number of nitro groups is 1. The number of carbonyl (C=O) groups is 2. The molecule has 3 aromatic rings. The highest BCUT2D eigenvalue weighted by Crippen LogP contribution is 2.11. The van der Waals surface area contributed by atoms with Crippen molar-refractivity contribution in [1.82, 2.24) is 14.7 Å². The molecule has 1 aromatic carbocycles. The fourth-order valence-electron chi connectivity index (χ4n) is 2.78. The fraction of sp³-hybridized carbons (Fsp3) is 0.200. The molecule has 0 spiro atoms. The number of hydrogen-bond acceptors (Lipinski definition) is 7. The number of fused-ring (bicyclic) bond motifs is 1. The van der Waals surface area contributed by atoms with Gasteiger partial charge in [-0.05, 0) is 31.2 Å². The van der Waals surface area contributed by atoms with Crippen molar-refractivity contribution in [3.8, 4) is 0 Å². The highest BCUT2D eigenvalue weighted by molar-refractivity contribution is 5.94. The van der Waals surface area contributed by atoms with Gasteiger partial charge in [0.2, 0.25) is 0 Å². The maximum absolute atomic E-state index is 12.2. The SMILES string of the molecule is Cc1cccc2nc(COC(=O)CCNC(=O)c3ccc([N+](=O)[O-])cc3)cc(=O)n12. The second kappa shape index (κ2) is 8.95. The first kappa shape index (κ1) is 20.6. The number of nitrogens with one attached hydrogen (secondary N) is 1. The van der Waals surface area contributed by atoms with Gasteiger partial charge in [0.15, 0.2) is 0 Å². The molecule has 0 aliphatic carbocycles. The Morgan fingerprint density at radius 3 is 2.63 bits per heavy atom. The molecular formula is C20H18N4O6. The van der Waals surface area contributed by atoms with Crippen LogP contribution in [0, 0.1) is 17.0 Å². The van der Waals surface area contributed by atoms with Gasteiger partial charge in [0.1, 0.15) is 12.3 Å². The van der Waals surface area contributed by atoms with Gasteiger partial charge < -0.3 is 10.1 Å². The first-order valence-corrected chi connectivity index (χ1v) is 9.02. The first-order chi connectivity index (χ1) is 14.3. The van der Waals surface area contributed by atoms with Gasteiger partial charge in [0, 0.05) is 36.0 Å². The number of aryl methyl sites for hydroxylation is 1. The highest BCUT2D eigenvalue weighted by atomic mass is 16.6. The fourth-order valence-corrected chi connectivity index (χ4v) is 2.78. The third-order valence-electron chi connectivity index (χ3n) is 4.27. The van der Waals surface area contributed by atoms with Crippen LogP contribution in [-0.4, -0.2) is 32.7 Å². The molecule has 2 aromatic heterocycles. The van der Waals surface area contributed by atoms with Crippen LogP contribution in [0.4, 0.5) is 5.69 Å². The molecule has 0 unspecified atom stereocenters. The maximum atomic E-state index is 12.2. The zero-order valence-electron chi connectivity index (χ0n) is 16.0. The summed E-state index contributed by atoms with van der Waals surface area (Å²) < 4.78 is 6.57. The maximum Gasteiger partial charge on any atom is 0.307 e. The molecule has 10 nitrogen and oxygen atoms in total. The Morgan fingerprint density at radius 1 is 1.20 bits per heavy atom. The standard InChI is InChI=1S/C20H18N4O6/c1-13-3-2-4-17-22-15(11-18(25)23(13)17)12-30-19(26)9-10-21-20(27)14-5-7-16(8-6-14)24(28)29/h2-8,11H,9-10,12H2,1H3,(H,21,27). The van der Waals surface area contributed by atoms with E-state index in [1.54, 1.807) is 25.1 Å². The minimum atomic E-state index is -0.565. The lowest BCUT2D eigenvalue weighted by Gasteiger charge is -2.08. The number of hydrogen-bond donors (Lipinski definition) is 1. The lowest BCUT2D eigenvalue weighted by molar-refractivity contribution is -0.384. The molecule has 10 heteroatoms. The van der Waals surface area contributed by atoms with Gasteiger partial charge in [-0.2, -0.15) is 0 Å². The van der Waals surface area contributed by atoms with Crippen LogP contribution in [0.15, 0.2) is 53.3 Å². The third kappa shape index (κ3) is 4.85. The Hall–Kier alpha value is -4.08. The van der Waals surface area contributed by atoms with E-state index in [1.807, 2.05) is 0 Å². The number of pyridine rings is 1. The van der Waals surface area contributed by atoms with E-state index in [9.17, 15) is 24.5 Å². The molecule has 0 radical (unpaired) electrons. The summed E-state index contributed by atoms with van der Waals surface area (Å²) in [6, 6.07) is 11.7. The van der Waals surface area contributed by atoms with Crippen LogP contribution in [-0.2, 0) is 16.1 Å². The predicted molar refractivity (Wildman–Crippen MR) is 106 cm³/mol. The monoisotopic (exact) mass is 410 g/mol. The molecule has 0 aliphatic rings. The quantitative estimate of drug-likeness (QED) is 0.356. The number of nitro benzene ring substituents is 1. The van der Waals surface area contributed by atoms with E-state index in [4.69, 9.17) is 4.74 Å². The van der Waals surface area contributed by atoms with E-state index in [1.165, 1.54) is 34.7 Å². The van der Waals surface area contributed by atoms with E-state index in [0.717, 1.165) is 5.69 Å².